The number of carbonyl (C=O) groups is 2. The minimum atomic E-state index is -3.90. The average Bonchev–Trinajstić information content (AvgIpc) is 3.47. The molecule has 0 radical (unpaired) electrons. The van der Waals surface area contributed by atoms with Crippen LogP contribution in [0.2, 0.25) is 0 Å². The van der Waals surface area contributed by atoms with Gasteiger partial charge in [0.2, 0.25) is 15.9 Å². The Labute approximate surface area is 196 Å². The lowest BCUT2D eigenvalue weighted by atomic mass is 9.94. The van der Waals surface area contributed by atoms with Crippen LogP contribution in [0.4, 0.5) is 0 Å². The molecule has 3 aliphatic rings. The molecule has 0 spiro atoms. The van der Waals surface area contributed by atoms with Crippen LogP contribution in [-0.2, 0) is 26.6 Å². The fourth-order valence-corrected chi connectivity index (χ4v) is 7.18. The summed E-state index contributed by atoms with van der Waals surface area (Å²) in [5.41, 5.74) is 0.177. The largest absolute Gasteiger partial charge is 0.461 e. The third kappa shape index (κ3) is 4.97. The Kier molecular flexibility index (Phi) is 7.45. The number of esters is 1. The third-order valence-electron chi connectivity index (χ3n) is 7.28. The Hall–Kier alpha value is -1.91. The minimum Gasteiger partial charge on any atom is -0.461 e. The van der Waals surface area contributed by atoms with Crippen LogP contribution >= 0.6 is 0 Å². The monoisotopic (exact) mass is 480 g/mol. The van der Waals surface area contributed by atoms with Gasteiger partial charge in [0.05, 0.1) is 6.61 Å². The second-order valence-corrected chi connectivity index (χ2v) is 11.2. The van der Waals surface area contributed by atoms with Crippen LogP contribution in [-0.4, -0.2) is 90.4 Å². The first-order valence-electron chi connectivity index (χ1n) is 12.2. The van der Waals surface area contributed by atoms with Gasteiger partial charge in [-0.2, -0.15) is 4.31 Å². The molecule has 1 saturated carbocycles. The highest BCUT2D eigenvalue weighted by Crippen LogP contribution is 2.29. The van der Waals surface area contributed by atoms with Crippen LogP contribution in [0.1, 0.15) is 62.4 Å². The number of nitrogens with zero attached hydrogens (tertiary/aromatic N) is 4. The molecule has 33 heavy (non-hydrogen) atoms. The van der Waals surface area contributed by atoms with Gasteiger partial charge in [0.1, 0.15) is 16.6 Å². The summed E-state index contributed by atoms with van der Waals surface area (Å²) >= 11 is 0. The van der Waals surface area contributed by atoms with Crippen LogP contribution in [0.5, 0.6) is 0 Å². The quantitative estimate of drug-likeness (QED) is 0.577. The van der Waals surface area contributed by atoms with Crippen LogP contribution in [0.3, 0.4) is 0 Å². The number of carbonyl (C=O) groups excluding carboxylic acids is 2. The molecule has 9 nitrogen and oxygen atoms in total. The van der Waals surface area contributed by atoms with E-state index in [1.54, 1.807) is 14.0 Å². The minimum absolute atomic E-state index is 0.0230. The van der Waals surface area contributed by atoms with E-state index in [2.05, 4.69) is 4.90 Å². The van der Waals surface area contributed by atoms with Crippen molar-refractivity contribution >= 4 is 21.9 Å². The summed E-state index contributed by atoms with van der Waals surface area (Å²) < 4.78 is 34.6. The number of hydrogen-bond acceptors (Lipinski definition) is 6. The molecule has 0 N–H and O–H groups in total. The number of ether oxygens (including phenoxy) is 1. The van der Waals surface area contributed by atoms with Crippen molar-refractivity contribution in [1.29, 1.82) is 0 Å². The van der Waals surface area contributed by atoms with Gasteiger partial charge in [0, 0.05) is 52.0 Å². The Morgan fingerprint density at radius 3 is 2.36 bits per heavy atom. The summed E-state index contributed by atoms with van der Waals surface area (Å²) in [6.07, 6.45) is 8.98. The molecule has 1 aromatic heterocycles. The fraction of sp³-hybridized carbons (Fsp3) is 0.739. The predicted octanol–water partition coefficient (Wildman–Crippen LogP) is 1.83. The number of aryl methyl sites for hydroxylation is 1. The van der Waals surface area contributed by atoms with Crippen LogP contribution in [0, 0.1) is 0 Å². The van der Waals surface area contributed by atoms with E-state index in [1.807, 2.05) is 4.90 Å². The number of rotatable bonds is 6. The lowest BCUT2D eigenvalue weighted by Crippen LogP contribution is -2.56. The molecule has 1 aliphatic carbocycles. The van der Waals surface area contributed by atoms with Gasteiger partial charge in [0.15, 0.2) is 0 Å². The van der Waals surface area contributed by atoms with Crippen molar-refractivity contribution in [2.45, 2.75) is 68.8 Å². The van der Waals surface area contributed by atoms with Crippen molar-refractivity contribution in [2.24, 2.45) is 7.05 Å². The van der Waals surface area contributed by atoms with Gasteiger partial charge in [-0.05, 0) is 38.7 Å². The van der Waals surface area contributed by atoms with E-state index < -0.39 is 22.0 Å². The van der Waals surface area contributed by atoms with Crippen LogP contribution in [0.15, 0.2) is 17.2 Å². The van der Waals surface area contributed by atoms with Crippen LogP contribution in [0.25, 0.3) is 0 Å². The SMILES string of the molecule is CCOC(=O)c1cc(S(=O)(=O)N2CCCC2C(=O)N2CCN(C3CCCCC3)CC2)cn1C. The first-order valence-corrected chi connectivity index (χ1v) is 13.6. The van der Waals surface area contributed by atoms with Crippen molar-refractivity contribution < 1.29 is 22.7 Å². The zero-order chi connectivity index (χ0) is 23.6. The summed E-state index contributed by atoms with van der Waals surface area (Å²) in [7, 11) is -2.29. The maximum Gasteiger partial charge on any atom is 0.354 e. The van der Waals surface area contributed by atoms with Crippen molar-refractivity contribution in [1.82, 2.24) is 18.7 Å². The molecule has 1 aromatic rings. The zero-order valence-electron chi connectivity index (χ0n) is 19.7. The van der Waals surface area contributed by atoms with Crippen molar-refractivity contribution in [3.05, 3.63) is 18.0 Å². The van der Waals surface area contributed by atoms with E-state index in [-0.39, 0.29) is 23.1 Å². The number of piperazine rings is 1. The van der Waals surface area contributed by atoms with E-state index in [0.29, 0.717) is 38.5 Å². The average molecular weight is 481 g/mol. The summed E-state index contributed by atoms with van der Waals surface area (Å²) in [6.45, 7) is 5.24. The third-order valence-corrected chi connectivity index (χ3v) is 9.15. The van der Waals surface area contributed by atoms with Gasteiger partial charge in [-0.25, -0.2) is 13.2 Å². The van der Waals surface area contributed by atoms with Crippen molar-refractivity contribution in [3.63, 3.8) is 0 Å². The molecule has 1 amide bonds. The molecule has 3 heterocycles. The van der Waals surface area contributed by atoms with Gasteiger partial charge in [-0.15, -0.1) is 0 Å². The maximum atomic E-state index is 13.4. The van der Waals surface area contributed by atoms with E-state index in [0.717, 1.165) is 13.1 Å². The fourth-order valence-electron chi connectivity index (χ4n) is 5.46. The highest BCUT2D eigenvalue weighted by atomic mass is 32.2. The molecule has 0 bridgehead atoms. The smallest absolute Gasteiger partial charge is 0.354 e. The Morgan fingerprint density at radius 1 is 1.00 bits per heavy atom. The summed E-state index contributed by atoms with van der Waals surface area (Å²) in [5, 5.41) is 0. The van der Waals surface area contributed by atoms with E-state index >= 15 is 0 Å². The van der Waals surface area contributed by atoms with E-state index in [9.17, 15) is 18.0 Å². The highest BCUT2D eigenvalue weighted by Gasteiger charge is 2.42. The molecule has 0 aromatic carbocycles. The molecule has 10 heteroatoms. The standard InChI is InChI=1S/C23H36N4O5S/c1-3-32-23(29)21-16-19(17-24(21)2)33(30,31)27-11-7-10-20(27)22(28)26-14-12-25(13-15-26)18-8-5-4-6-9-18/h16-18,20H,3-15H2,1-2H3. The van der Waals surface area contributed by atoms with E-state index in [4.69, 9.17) is 4.74 Å². The van der Waals surface area contributed by atoms with Crippen molar-refractivity contribution in [2.75, 3.05) is 39.3 Å². The number of hydrogen-bond donors (Lipinski definition) is 0. The molecule has 184 valence electrons. The van der Waals surface area contributed by atoms with Gasteiger partial charge in [-0.1, -0.05) is 19.3 Å². The Balaban J connectivity index is 1.43. The first-order chi connectivity index (χ1) is 15.8. The Morgan fingerprint density at radius 2 is 1.70 bits per heavy atom. The zero-order valence-corrected chi connectivity index (χ0v) is 20.6. The second kappa shape index (κ2) is 10.1. The molecular formula is C23H36N4O5S. The van der Waals surface area contributed by atoms with Gasteiger partial charge < -0.3 is 14.2 Å². The molecule has 3 fully saturated rings. The van der Waals surface area contributed by atoms with Gasteiger partial charge >= 0.3 is 5.97 Å². The predicted molar refractivity (Wildman–Crippen MR) is 123 cm³/mol. The molecule has 1 unspecified atom stereocenters. The normalized spacial score (nSPS) is 23.7. The van der Waals surface area contributed by atoms with Crippen LogP contribution < -0.4 is 0 Å². The summed E-state index contributed by atoms with van der Waals surface area (Å²) in [5.74, 6) is -0.660. The Bertz CT molecular complexity index is 961. The number of aromatic nitrogens is 1. The summed E-state index contributed by atoms with van der Waals surface area (Å²) in [4.78, 5) is 29.9. The molecule has 2 aliphatic heterocycles. The van der Waals surface area contributed by atoms with Gasteiger partial charge in [-0.3, -0.25) is 9.69 Å². The second-order valence-electron chi connectivity index (χ2n) is 9.32. The number of amides is 1. The molecule has 1 atom stereocenters. The lowest BCUT2D eigenvalue weighted by molar-refractivity contribution is -0.136. The first kappa shape index (κ1) is 24.2. The highest BCUT2D eigenvalue weighted by molar-refractivity contribution is 7.89. The topological polar surface area (TPSA) is 92.2 Å². The van der Waals surface area contributed by atoms with Gasteiger partial charge in [0.25, 0.3) is 0 Å². The molecule has 2 saturated heterocycles. The molecule has 4 rings (SSSR count). The lowest BCUT2D eigenvalue weighted by Gasteiger charge is -2.41. The maximum absolute atomic E-state index is 13.4. The van der Waals surface area contributed by atoms with E-state index in [1.165, 1.54) is 53.2 Å². The number of sulfonamides is 1. The summed E-state index contributed by atoms with van der Waals surface area (Å²) in [6, 6.07) is 1.30. The van der Waals surface area contributed by atoms with Crippen molar-refractivity contribution in [3.8, 4) is 0 Å². The molecular weight excluding hydrogens is 444 g/mol.